The van der Waals surface area contributed by atoms with Gasteiger partial charge in [-0.1, -0.05) is 19.1 Å². The van der Waals surface area contributed by atoms with Crippen LogP contribution in [0.15, 0.2) is 42.7 Å². The van der Waals surface area contributed by atoms with Crippen LogP contribution in [0.25, 0.3) is 0 Å². The molecule has 3 aromatic rings. The van der Waals surface area contributed by atoms with Crippen molar-refractivity contribution in [1.82, 2.24) is 24.9 Å². The van der Waals surface area contributed by atoms with Crippen molar-refractivity contribution in [2.24, 2.45) is 0 Å². The van der Waals surface area contributed by atoms with E-state index in [9.17, 15) is 0 Å². The Morgan fingerprint density at radius 1 is 1.21 bits per heavy atom. The molecule has 0 unspecified atom stereocenters. The van der Waals surface area contributed by atoms with Crippen LogP contribution < -0.4 is 15.4 Å². The van der Waals surface area contributed by atoms with E-state index >= 15 is 0 Å². The van der Waals surface area contributed by atoms with Crippen molar-refractivity contribution in [3.63, 3.8) is 0 Å². The van der Waals surface area contributed by atoms with Gasteiger partial charge in [0.15, 0.2) is 11.8 Å². The number of nitrogens with one attached hydrogen (secondary N) is 2. The van der Waals surface area contributed by atoms with Gasteiger partial charge in [-0.15, -0.1) is 0 Å². The minimum Gasteiger partial charge on any atom is -0.471 e. The van der Waals surface area contributed by atoms with Crippen LogP contribution in [0.5, 0.6) is 5.75 Å². The van der Waals surface area contributed by atoms with Gasteiger partial charge in [0.2, 0.25) is 0 Å². The Morgan fingerprint density at radius 2 is 2.00 bits per heavy atom. The second kappa shape index (κ2) is 10.1. The second-order valence-corrected chi connectivity index (χ2v) is 7.33. The van der Waals surface area contributed by atoms with E-state index in [1.54, 1.807) is 10.9 Å². The molecule has 3 rings (SSSR count). The Morgan fingerprint density at radius 3 is 2.69 bits per heavy atom. The molecule has 1 aromatic carbocycles. The number of nitrogens with zero attached hydrogens (tertiary/aromatic N) is 4. The number of rotatable bonds is 9. The average molecular weight is 413 g/mol. The number of thiocarbonyl (C=S) groups is 1. The maximum absolute atomic E-state index is 5.76. The minimum atomic E-state index is 0.343. The van der Waals surface area contributed by atoms with Crippen molar-refractivity contribution in [2.75, 3.05) is 11.9 Å². The van der Waals surface area contributed by atoms with Crippen molar-refractivity contribution in [2.45, 2.75) is 46.9 Å². The maximum Gasteiger partial charge on any atom is 0.180 e. The van der Waals surface area contributed by atoms with Gasteiger partial charge in [0, 0.05) is 18.8 Å². The quantitative estimate of drug-likeness (QED) is 0.413. The van der Waals surface area contributed by atoms with Crippen molar-refractivity contribution in [1.29, 1.82) is 0 Å². The van der Waals surface area contributed by atoms with Crippen LogP contribution in [-0.4, -0.2) is 31.2 Å². The molecule has 0 aliphatic carbocycles. The maximum atomic E-state index is 5.76. The number of hydrogen-bond donors (Lipinski definition) is 2. The summed E-state index contributed by atoms with van der Waals surface area (Å²) in [5, 5.41) is 15.7. The van der Waals surface area contributed by atoms with E-state index in [0.717, 1.165) is 43.1 Å². The van der Waals surface area contributed by atoms with Crippen LogP contribution in [-0.2, 0) is 19.7 Å². The second-order valence-electron chi connectivity index (χ2n) is 6.92. The molecule has 0 saturated carbocycles. The first-order chi connectivity index (χ1) is 14.0. The molecule has 0 spiro atoms. The summed E-state index contributed by atoms with van der Waals surface area (Å²) in [5.74, 6) is 0.826. The molecule has 7 nitrogen and oxygen atoms in total. The summed E-state index contributed by atoms with van der Waals surface area (Å²) >= 11 is 5.36. The van der Waals surface area contributed by atoms with Gasteiger partial charge >= 0.3 is 0 Å². The topological polar surface area (TPSA) is 68.9 Å². The molecule has 0 saturated heterocycles. The number of anilines is 1. The van der Waals surface area contributed by atoms with Crippen LogP contribution in [0.4, 0.5) is 5.69 Å². The highest BCUT2D eigenvalue weighted by Crippen LogP contribution is 2.13. The number of aryl methyl sites for hydroxylation is 4. The molecule has 8 heteroatoms. The third-order valence-electron chi connectivity index (χ3n) is 4.52. The Bertz CT molecular complexity index is 931. The fourth-order valence-corrected chi connectivity index (χ4v) is 3.19. The zero-order valence-corrected chi connectivity index (χ0v) is 18.0. The predicted molar refractivity (Wildman–Crippen MR) is 119 cm³/mol. The van der Waals surface area contributed by atoms with Crippen LogP contribution in [0.2, 0.25) is 0 Å². The fourth-order valence-electron chi connectivity index (χ4n) is 2.97. The minimum absolute atomic E-state index is 0.343. The zero-order valence-electron chi connectivity index (χ0n) is 17.2. The molecule has 0 amide bonds. The zero-order chi connectivity index (χ0) is 20.6. The van der Waals surface area contributed by atoms with Gasteiger partial charge in [-0.05, 0) is 62.7 Å². The van der Waals surface area contributed by atoms with E-state index in [4.69, 9.17) is 17.0 Å². The Hall–Kier alpha value is -2.87. The molecule has 0 atom stereocenters. The SMILES string of the molecule is CCc1ccc(OCn2cc(NC(=S)NCCCn3nc(C)cc3C)cn2)cc1. The molecular formula is C21H28N6OS. The van der Waals surface area contributed by atoms with E-state index in [-0.39, 0.29) is 0 Å². The fraction of sp³-hybridized carbons (Fsp3) is 0.381. The van der Waals surface area contributed by atoms with Crippen molar-refractivity contribution in [3.05, 3.63) is 59.7 Å². The number of ether oxygens (including phenoxy) is 1. The van der Waals surface area contributed by atoms with E-state index in [2.05, 4.69) is 52.9 Å². The lowest BCUT2D eigenvalue weighted by molar-refractivity contribution is 0.221. The number of benzene rings is 1. The molecule has 154 valence electrons. The van der Waals surface area contributed by atoms with E-state index in [1.165, 1.54) is 11.3 Å². The molecule has 0 fully saturated rings. The molecule has 2 heterocycles. The Balaban J connectivity index is 1.37. The number of hydrogen-bond acceptors (Lipinski definition) is 4. The third-order valence-corrected chi connectivity index (χ3v) is 4.77. The molecule has 0 bridgehead atoms. The van der Waals surface area contributed by atoms with Crippen molar-refractivity contribution >= 4 is 23.0 Å². The number of aromatic nitrogens is 4. The van der Waals surface area contributed by atoms with Gasteiger partial charge in [0.05, 0.1) is 23.8 Å². The Kier molecular flexibility index (Phi) is 7.24. The van der Waals surface area contributed by atoms with Crippen LogP contribution in [0, 0.1) is 13.8 Å². The highest BCUT2D eigenvalue weighted by molar-refractivity contribution is 7.80. The highest BCUT2D eigenvalue weighted by Gasteiger charge is 2.03. The largest absolute Gasteiger partial charge is 0.471 e. The molecule has 0 aliphatic heterocycles. The summed E-state index contributed by atoms with van der Waals surface area (Å²) in [6, 6.07) is 10.2. The summed E-state index contributed by atoms with van der Waals surface area (Å²) in [4.78, 5) is 0. The lowest BCUT2D eigenvalue weighted by Crippen LogP contribution is -2.29. The molecular weight excluding hydrogens is 384 g/mol. The van der Waals surface area contributed by atoms with Crippen LogP contribution in [0.1, 0.15) is 30.3 Å². The first-order valence-corrected chi connectivity index (χ1v) is 10.2. The predicted octanol–water partition coefficient (Wildman–Crippen LogP) is 3.67. The first kappa shape index (κ1) is 20.9. The van der Waals surface area contributed by atoms with Gasteiger partial charge in [0.1, 0.15) is 5.75 Å². The van der Waals surface area contributed by atoms with Gasteiger partial charge in [-0.2, -0.15) is 10.2 Å². The van der Waals surface area contributed by atoms with Crippen LogP contribution in [0.3, 0.4) is 0 Å². The molecule has 0 aliphatic rings. The van der Waals surface area contributed by atoms with Crippen molar-refractivity contribution in [3.8, 4) is 5.75 Å². The Labute approximate surface area is 177 Å². The smallest absolute Gasteiger partial charge is 0.180 e. The standard InChI is InChI=1S/C21H28N6OS/c1-4-18-6-8-20(9-7-18)28-15-26-14-19(13-23-26)24-21(29)22-10-5-11-27-17(3)12-16(2)25-27/h6-9,12-14H,4-5,10-11,15H2,1-3H3,(H2,22,24,29). The van der Waals surface area contributed by atoms with E-state index in [1.807, 2.05) is 29.9 Å². The lowest BCUT2D eigenvalue weighted by atomic mass is 10.2. The molecule has 2 N–H and O–H groups in total. The third kappa shape index (κ3) is 6.32. The van der Waals surface area contributed by atoms with Gasteiger partial charge in [-0.3, -0.25) is 4.68 Å². The van der Waals surface area contributed by atoms with Gasteiger partial charge in [-0.25, -0.2) is 4.68 Å². The average Bonchev–Trinajstić information content (AvgIpc) is 3.29. The molecule has 2 aromatic heterocycles. The van der Waals surface area contributed by atoms with Crippen molar-refractivity contribution < 1.29 is 4.74 Å². The first-order valence-electron chi connectivity index (χ1n) is 9.83. The lowest BCUT2D eigenvalue weighted by Gasteiger charge is -2.09. The monoisotopic (exact) mass is 412 g/mol. The van der Waals surface area contributed by atoms with Crippen LogP contribution >= 0.6 is 12.2 Å². The van der Waals surface area contributed by atoms with Gasteiger partial charge in [0.25, 0.3) is 0 Å². The summed E-state index contributed by atoms with van der Waals surface area (Å²) in [6.45, 7) is 8.19. The van der Waals surface area contributed by atoms with Gasteiger partial charge < -0.3 is 15.4 Å². The molecule has 0 radical (unpaired) electrons. The summed E-state index contributed by atoms with van der Waals surface area (Å²) in [5.41, 5.74) is 4.34. The summed E-state index contributed by atoms with van der Waals surface area (Å²) in [6.07, 6.45) is 5.55. The summed E-state index contributed by atoms with van der Waals surface area (Å²) in [7, 11) is 0. The normalized spacial score (nSPS) is 10.7. The van der Waals surface area contributed by atoms with E-state index < -0.39 is 0 Å². The van der Waals surface area contributed by atoms with E-state index in [0.29, 0.717) is 11.8 Å². The summed E-state index contributed by atoms with van der Waals surface area (Å²) < 4.78 is 9.50. The highest BCUT2D eigenvalue weighted by atomic mass is 32.1. The molecule has 29 heavy (non-hydrogen) atoms.